The second-order valence-electron chi connectivity index (χ2n) is 8.17. The number of nitrogens with one attached hydrogen (secondary N) is 1. The Kier molecular flexibility index (Phi) is 5.73. The molecule has 0 aliphatic carbocycles. The highest BCUT2D eigenvalue weighted by Gasteiger charge is 2.19. The molecular formula is C24H25N5O2S. The molecule has 8 heteroatoms. The lowest BCUT2D eigenvalue weighted by molar-refractivity contribution is 0.0838. The largest absolute Gasteiger partial charge is 0.390 e. The first-order valence-corrected chi connectivity index (χ1v) is 11.5. The van der Waals surface area contributed by atoms with Crippen molar-refractivity contribution in [1.82, 2.24) is 24.6 Å². The first-order chi connectivity index (χ1) is 15.5. The summed E-state index contributed by atoms with van der Waals surface area (Å²) >= 11 is 1.63. The number of carbonyl (C=O) groups is 1. The van der Waals surface area contributed by atoms with Gasteiger partial charge in [0.1, 0.15) is 11.3 Å². The van der Waals surface area contributed by atoms with Crippen LogP contribution in [0.25, 0.3) is 16.1 Å². The zero-order chi connectivity index (χ0) is 22.1. The molecule has 1 unspecified atom stereocenters. The summed E-state index contributed by atoms with van der Waals surface area (Å²) in [5, 5.41) is 14.3. The average molecular weight is 448 g/mol. The molecule has 1 aliphatic heterocycles. The molecule has 164 valence electrons. The van der Waals surface area contributed by atoms with Gasteiger partial charge >= 0.3 is 0 Å². The van der Waals surface area contributed by atoms with Crippen LogP contribution in [-0.4, -0.2) is 56.0 Å². The monoisotopic (exact) mass is 447 g/mol. The molecular weight excluding hydrogens is 422 g/mol. The number of aryl methyl sites for hydroxylation is 1. The van der Waals surface area contributed by atoms with Crippen molar-refractivity contribution in [2.45, 2.75) is 26.0 Å². The van der Waals surface area contributed by atoms with E-state index in [1.54, 1.807) is 17.5 Å². The lowest BCUT2D eigenvalue weighted by Gasteiger charge is -2.30. The van der Waals surface area contributed by atoms with Gasteiger partial charge in [0.05, 0.1) is 16.0 Å². The van der Waals surface area contributed by atoms with Crippen molar-refractivity contribution in [3.63, 3.8) is 0 Å². The van der Waals surface area contributed by atoms with Crippen LogP contribution in [0.4, 0.5) is 0 Å². The lowest BCUT2D eigenvalue weighted by Crippen LogP contribution is -2.42. The number of hydrogen-bond donors (Lipinski definition) is 2. The average Bonchev–Trinajstić information content (AvgIpc) is 3.43. The van der Waals surface area contributed by atoms with E-state index in [1.165, 1.54) is 11.1 Å². The van der Waals surface area contributed by atoms with Crippen molar-refractivity contribution in [2.24, 2.45) is 0 Å². The second-order valence-corrected chi connectivity index (χ2v) is 9.41. The van der Waals surface area contributed by atoms with Crippen LogP contribution in [0.15, 0.2) is 55.0 Å². The molecule has 0 saturated carbocycles. The number of nitrogens with zero attached hydrogens (tertiary/aromatic N) is 4. The van der Waals surface area contributed by atoms with Gasteiger partial charge in [-0.25, -0.2) is 9.97 Å². The van der Waals surface area contributed by atoms with Crippen molar-refractivity contribution < 1.29 is 9.90 Å². The highest BCUT2D eigenvalue weighted by Crippen LogP contribution is 2.26. The predicted octanol–water partition coefficient (Wildman–Crippen LogP) is 2.92. The van der Waals surface area contributed by atoms with E-state index in [9.17, 15) is 9.90 Å². The van der Waals surface area contributed by atoms with E-state index >= 15 is 0 Å². The van der Waals surface area contributed by atoms with E-state index < -0.39 is 6.10 Å². The number of imidazole rings is 1. The standard InChI is InChI=1S/C24H25N5O2S/c1-16-25-11-22(32-16)19-6-7-23-27-21(15-29(23)13-19)24(31)26-10-20(30)14-28-9-8-17-4-2-3-5-18(17)12-28/h2-7,11,13,15,20,30H,8-10,12,14H2,1H3,(H,26,31). The summed E-state index contributed by atoms with van der Waals surface area (Å²) in [5.74, 6) is -0.285. The van der Waals surface area contributed by atoms with Crippen LogP contribution in [0.3, 0.4) is 0 Å². The molecule has 0 fully saturated rings. The summed E-state index contributed by atoms with van der Waals surface area (Å²) in [4.78, 5) is 24.6. The van der Waals surface area contributed by atoms with Gasteiger partial charge in [-0.3, -0.25) is 9.69 Å². The Labute approximate surface area is 190 Å². The van der Waals surface area contributed by atoms with E-state index in [4.69, 9.17) is 0 Å². The van der Waals surface area contributed by atoms with Gasteiger partial charge in [0.2, 0.25) is 0 Å². The SMILES string of the molecule is Cc1ncc(-c2ccc3nc(C(=O)NCC(O)CN4CCc5ccccc5C4)cn3c2)s1. The first kappa shape index (κ1) is 20.8. The number of β-amino-alcohol motifs (C(OH)–C–C–N with tert-alkyl or cyclic N) is 1. The number of aliphatic hydroxyl groups excluding tert-OH is 1. The minimum atomic E-state index is -0.637. The minimum absolute atomic E-state index is 0.191. The van der Waals surface area contributed by atoms with Crippen LogP contribution in [0.1, 0.15) is 26.6 Å². The number of pyridine rings is 1. The van der Waals surface area contributed by atoms with E-state index in [1.807, 2.05) is 35.9 Å². The van der Waals surface area contributed by atoms with Crippen molar-refractivity contribution in [2.75, 3.05) is 19.6 Å². The molecule has 5 rings (SSSR count). The molecule has 1 amide bonds. The third-order valence-corrected chi connectivity index (χ3v) is 6.73. The van der Waals surface area contributed by atoms with Crippen LogP contribution >= 0.6 is 11.3 Å². The molecule has 0 bridgehead atoms. The van der Waals surface area contributed by atoms with E-state index in [-0.39, 0.29) is 12.5 Å². The fraction of sp³-hybridized carbons (Fsp3) is 0.292. The topological polar surface area (TPSA) is 82.8 Å². The van der Waals surface area contributed by atoms with Gasteiger partial charge in [0, 0.05) is 50.3 Å². The molecule has 3 aromatic heterocycles. The zero-order valence-electron chi connectivity index (χ0n) is 17.9. The molecule has 1 aromatic carbocycles. The van der Waals surface area contributed by atoms with Crippen molar-refractivity contribution in [1.29, 1.82) is 0 Å². The van der Waals surface area contributed by atoms with Crippen LogP contribution in [0, 0.1) is 6.92 Å². The number of carbonyl (C=O) groups excluding carboxylic acids is 1. The van der Waals surface area contributed by atoms with Gasteiger partial charge in [-0.15, -0.1) is 11.3 Å². The molecule has 2 N–H and O–H groups in total. The third-order valence-electron chi connectivity index (χ3n) is 5.77. The van der Waals surface area contributed by atoms with Gasteiger partial charge in [0.15, 0.2) is 0 Å². The van der Waals surface area contributed by atoms with E-state index in [2.05, 4.69) is 44.5 Å². The number of fused-ring (bicyclic) bond motifs is 2. The molecule has 0 spiro atoms. The fourth-order valence-electron chi connectivity index (χ4n) is 4.12. The molecule has 32 heavy (non-hydrogen) atoms. The van der Waals surface area contributed by atoms with Crippen LogP contribution in [0.2, 0.25) is 0 Å². The maximum atomic E-state index is 12.6. The Bertz CT molecular complexity index is 1260. The number of amides is 1. The smallest absolute Gasteiger partial charge is 0.271 e. The van der Waals surface area contributed by atoms with Crippen molar-refractivity contribution in [3.05, 3.63) is 76.8 Å². The highest BCUT2D eigenvalue weighted by atomic mass is 32.1. The molecule has 1 aliphatic rings. The number of aromatic nitrogens is 3. The lowest BCUT2D eigenvalue weighted by atomic mass is 10.00. The first-order valence-electron chi connectivity index (χ1n) is 10.7. The summed E-state index contributed by atoms with van der Waals surface area (Å²) in [5.41, 5.74) is 4.76. The predicted molar refractivity (Wildman–Crippen MR) is 125 cm³/mol. The molecule has 4 heterocycles. The van der Waals surface area contributed by atoms with Crippen molar-refractivity contribution in [3.8, 4) is 10.4 Å². The molecule has 1 atom stereocenters. The third kappa shape index (κ3) is 4.43. The summed E-state index contributed by atoms with van der Waals surface area (Å²) in [6.07, 6.45) is 5.88. The summed E-state index contributed by atoms with van der Waals surface area (Å²) in [6.45, 7) is 4.43. The van der Waals surface area contributed by atoms with Crippen LogP contribution in [-0.2, 0) is 13.0 Å². The normalized spacial score (nSPS) is 14.9. The number of aliphatic hydroxyl groups is 1. The number of benzene rings is 1. The number of rotatable bonds is 6. The highest BCUT2D eigenvalue weighted by molar-refractivity contribution is 7.15. The molecule has 0 radical (unpaired) electrons. The minimum Gasteiger partial charge on any atom is -0.390 e. The van der Waals surface area contributed by atoms with Crippen LogP contribution in [0.5, 0.6) is 0 Å². The van der Waals surface area contributed by atoms with Gasteiger partial charge < -0.3 is 14.8 Å². The molecule has 0 saturated heterocycles. The summed E-state index contributed by atoms with van der Waals surface area (Å²) in [6, 6.07) is 12.3. The number of hydrogen-bond acceptors (Lipinski definition) is 6. The zero-order valence-corrected chi connectivity index (χ0v) is 18.7. The maximum absolute atomic E-state index is 12.6. The van der Waals surface area contributed by atoms with Gasteiger partial charge in [0.25, 0.3) is 5.91 Å². The Morgan fingerprint density at radius 1 is 1.22 bits per heavy atom. The quantitative estimate of drug-likeness (QED) is 0.475. The molecule has 4 aromatic rings. The summed E-state index contributed by atoms with van der Waals surface area (Å²) in [7, 11) is 0. The Morgan fingerprint density at radius 2 is 2.06 bits per heavy atom. The van der Waals surface area contributed by atoms with Gasteiger partial charge in [-0.1, -0.05) is 24.3 Å². The van der Waals surface area contributed by atoms with Gasteiger partial charge in [-0.05, 0) is 36.6 Å². The van der Waals surface area contributed by atoms with Crippen LogP contribution < -0.4 is 5.32 Å². The second kappa shape index (κ2) is 8.82. The van der Waals surface area contributed by atoms with E-state index in [0.29, 0.717) is 17.9 Å². The van der Waals surface area contributed by atoms with Gasteiger partial charge in [-0.2, -0.15) is 0 Å². The summed E-state index contributed by atoms with van der Waals surface area (Å²) < 4.78 is 1.85. The molecule has 7 nitrogen and oxygen atoms in total. The van der Waals surface area contributed by atoms with Crippen molar-refractivity contribution >= 4 is 22.9 Å². The Balaban J connectivity index is 1.18. The Morgan fingerprint density at radius 3 is 2.88 bits per heavy atom. The Hall–Kier alpha value is -3.07. The van der Waals surface area contributed by atoms with E-state index in [0.717, 1.165) is 35.0 Å². The number of thiazole rings is 1. The fourth-order valence-corrected chi connectivity index (χ4v) is 4.88. The maximum Gasteiger partial charge on any atom is 0.271 e.